The van der Waals surface area contributed by atoms with Crippen molar-refractivity contribution in [1.82, 2.24) is 24.2 Å². The Bertz CT molecular complexity index is 1600. The molecule has 210 valence electrons. The van der Waals surface area contributed by atoms with E-state index in [4.69, 9.17) is 4.74 Å². The summed E-state index contributed by atoms with van der Waals surface area (Å²) in [5, 5.41) is 9.67. The van der Waals surface area contributed by atoms with Crippen molar-refractivity contribution < 1.29 is 23.4 Å². The number of hydrogen-bond donors (Lipinski definition) is 1. The second-order valence-corrected chi connectivity index (χ2v) is 9.92. The minimum absolute atomic E-state index is 0.0610. The average molecular weight is 553 g/mol. The van der Waals surface area contributed by atoms with Crippen LogP contribution in [0.3, 0.4) is 0 Å². The molecular weight excluding hydrogens is 522 g/mol. The third kappa shape index (κ3) is 5.26. The maximum Gasteiger partial charge on any atom is 0.387 e. The van der Waals surface area contributed by atoms with E-state index in [9.17, 15) is 23.5 Å². The lowest BCUT2D eigenvalue weighted by Gasteiger charge is -2.39. The predicted molar refractivity (Wildman–Crippen MR) is 146 cm³/mol. The van der Waals surface area contributed by atoms with Gasteiger partial charge >= 0.3 is 6.61 Å². The molecule has 1 saturated heterocycles. The number of rotatable bonds is 7. The first-order chi connectivity index (χ1) is 19.2. The van der Waals surface area contributed by atoms with Gasteiger partial charge in [-0.3, -0.25) is 19.0 Å². The second kappa shape index (κ2) is 11.0. The van der Waals surface area contributed by atoms with Gasteiger partial charge in [-0.05, 0) is 37.6 Å². The number of aryl methyl sites for hydroxylation is 1. The number of anilines is 1. The number of amides is 1. The number of nitrogens with zero attached hydrogens (tertiary/aromatic N) is 6. The first-order valence-electron chi connectivity index (χ1n) is 12.9. The largest absolute Gasteiger partial charge is 0.434 e. The van der Waals surface area contributed by atoms with E-state index >= 15 is 0 Å². The molecule has 2 aromatic carbocycles. The van der Waals surface area contributed by atoms with Crippen molar-refractivity contribution in [3.8, 4) is 16.9 Å². The van der Waals surface area contributed by atoms with Gasteiger partial charge in [0.05, 0.1) is 17.4 Å². The van der Waals surface area contributed by atoms with Crippen LogP contribution < -0.4 is 15.2 Å². The summed E-state index contributed by atoms with van der Waals surface area (Å²) >= 11 is 0. The fraction of sp³-hybridized carbons (Fsp3) is 0.357. The summed E-state index contributed by atoms with van der Waals surface area (Å²) in [6.07, 6.45) is 3.42. The number of aliphatic hydroxyl groups is 1. The van der Waals surface area contributed by atoms with Gasteiger partial charge in [0.1, 0.15) is 12.4 Å². The number of benzene rings is 2. The molecule has 40 heavy (non-hydrogen) atoms. The first kappa shape index (κ1) is 27.3. The minimum atomic E-state index is -2.96. The van der Waals surface area contributed by atoms with Crippen molar-refractivity contribution in [2.75, 3.05) is 31.1 Å². The molecule has 1 amide bonds. The van der Waals surface area contributed by atoms with Crippen molar-refractivity contribution in [2.45, 2.75) is 33.0 Å². The van der Waals surface area contributed by atoms with Crippen molar-refractivity contribution in [1.29, 1.82) is 0 Å². The van der Waals surface area contributed by atoms with Gasteiger partial charge < -0.3 is 19.6 Å². The molecule has 5 rings (SSSR count). The van der Waals surface area contributed by atoms with Crippen molar-refractivity contribution >= 4 is 22.8 Å². The van der Waals surface area contributed by atoms with Crippen LogP contribution in [0.1, 0.15) is 18.1 Å². The summed E-state index contributed by atoms with van der Waals surface area (Å²) < 4.78 is 34.0. The van der Waals surface area contributed by atoms with Crippen LogP contribution in [0, 0.1) is 6.92 Å². The Labute approximate surface area is 229 Å². The molecule has 3 heterocycles. The molecule has 10 nitrogen and oxygen atoms in total. The SMILES string of the molecule is Cc1ccc(OC(F)F)c(Cn2c3cc(-c4cnc(N5CCN(C(=O)CO)[C@H](C)C5)nc4)ccc3c(=O)n2C)c1. The Morgan fingerprint density at radius 2 is 1.88 bits per heavy atom. The highest BCUT2D eigenvalue weighted by molar-refractivity contribution is 5.84. The van der Waals surface area contributed by atoms with Crippen LogP contribution in [0.15, 0.2) is 53.6 Å². The van der Waals surface area contributed by atoms with Crippen molar-refractivity contribution in [3.05, 3.63) is 70.3 Å². The normalized spacial score (nSPS) is 15.7. The number of fused-ring (bicyclic) bond motifs is 1. The first-order valence-corrected chi connectivity index (χ1v) is 12.9. The second-order valence-electron chi connectivity index (χ2n) is 9.92. The molecule has 0 aliphatic carbocycles. The Morgan fingerprint density at radius 3 is 2.55 bits per heavy atom. The smallest absolute Gasteiger partial charge is 0.387 e. The Hall–Kier alpha value is -4.32. The molecule has 1 fully saturated rings. The van der Waals surface area contributed by atoms with Crippen LogP contribution in [0.5, 0.6) is 5.75 Å². The minimum Gasteiger partial charge on any atom is -0.434 e. The molecule has 1 atom stereocenters. The molecule has 1 aliphatic rings. The van der Waals surface area contributed by atoms with E-state index in [0.717, 1.165) is 16.7 Å². The average Bonchev–Trinajstić information content (AvgIpc) is 3.18. The number of ether oxygens (including phenoxy) is 1. The number of aromatic nitrogens is 4. The Balaban J connectivity index is 1.43. The van der Waals surface area contributed by atoms with Crippen molar-refractivity contribution in [2.24, 2.45) is 7.05 Å². The van der Waals surface area contributed by atoms with Crippen LogP contribution in [0.4, 0.5) is 14.7 Å². The summed E-state index contributed by atoms with van der Waals surface area (Å²) in [6, 6.07) is 10.3. The number of carbonyl (C=O) groups excluding carboxylic acids is 1. The van der Waals surface area contributed by atoms with Gasteiger partial charge in [0.25, 0.3) is 5.56 Å². The van der Waals surface area contributed by atoms with E-state index in [1.807, 2.05) is 30.9 Å². The zero-order valence-electron chi connectivity index (χ0n) is 22.4. The lowest BCUT2D eigenvalue weighted by Crippen LogP contribution is -2.55. The number of halogens is 2. The zero-order chi connectivity index (χ0) is 28.6. The van der Waals surface area contributed by atoms with E-state index in [0.29, 0.717) is 42.0 Å². The molecule has 2 aromatic heterocycles. The van der Waals surface area contributed by atoms with Crippen LogP contribution in [-0.2, 0) is 18.4 Å². The number of carbonyl (C=O) groups is 1. The number of hydrogen-bond acceptors (Lipinski definition) is 7. The van der Waals surface area contributed by atoms with Crippen LogP contribution in [-0.4, -0.2) is 74.1 Å². The van der Waals surface area contributed by atoms with Crippen LogP contribution in [0.25, 0.3) is 22.0 Å². The summed E-state index contributed by atoms with van der Waals surface area (Å²) in [7, 11) is 1.64. The fourth-order valence-corrected chi connectivity index (χ4v) is 5.18. The Morgan fingerprint density at radius 1 is 1.12 bits per heavy atom. The quantitative estimate of drug-likeness (QED) is 0.376. The fourth-order valence-electron chi connectivity index (χ4n) is 5.18. The number of piperazine rings is 1. The molecular formula is C28H30F2N6O4. The molecule has 0 radical (unpaired) electrons. The van der Waals surface area contributed by atoms with Gasteiger partial charge in [-0.25, -0.2) is 9.97 Å². The van der Waals surface area contributed by atoms with E-state index in [-0.39, 0.29) is 29.8 Å². The summed E-state index contributed by atoms with van der Waals surface area (Å²) in [4.78, 5) is 37.6. The molecule has 0 bridgehead atoms. The molecule has 1 aliphatic heterocycles. The van der Waals surface area contributed by atoms with Crippen LogP contribution >= 0.6 is 0 Å². The third-order valence-corrected chi connectivity index (χ3v) is 7.25. The summed E-state index contributed by atoms with van der Waals surface area (Å²) in [6.45, 7) is 2.03. The molecule has 1 N–H and O–H groups in total. The van der Waals surface area contributed by atoms with Gasteiger partial charge in [0.15, 0.2) is 0 Å². The topological polar surface area (TPSA) is 106 Å². The summed E-state index contributed by atoms with van der Waals surface area (Å²) in [5.41, 5.74) is 3.38. The monoisotopic (exact) mass is 552 g/mol. The highest BCUT2D eigenvalue weighted by atomic mass is 19.3. The van der Waals surface area contributed by atoms with Gasteiger partial charge in [-0.1, -0.05) is 23.8 Å². The molecule has 0 saturated carbocycles. The standard InChI is InChI=1S/C28H30F2N6O4/c1-17-4-7-24(40-27(29)30)20(10-17)15-36-23-11-19(5-6-22(23)26(39)33(36)3)21-12-31-28(32-13-21)34-8-9-35(18(2)14-34)25(38)16-37/h4-7,10-13,18,27,37H,8-9,14-16H2,1-3H3/t18-/m1/s1. The molecule has 12 heteroatoms. The maximum atomic E-state index is 13.0. The van der Waals surface area contributed by atoms with Gasteiger partial charge in [0, 0.05) is 56.2 Å². The van der Waals surface area contributed by atoms with Crippen molar-refractivity contribution in [3.63, 3.8) is 0 Å². The maximum absolute atomic E-state index is 13.0. The number of alkyl halides is 2. The number of aliphatic hydroxyl groups excluding tert-OH is 1. The van der Waals surface area contributed by atoms with E-state index in [1.165, 1.54) is 10.7 Å². The van der Waals surface area contributed by atoms with Crippen LogP contribution in [0.2, 0.25) is 0 Å². The van der Waals surface area contributed by atoms with E-state index < -0.39 is 13.2 Å². The zero-order valence-corrected chi connectivity index (χ0v) is 22.4. The predicted octanol–water partition coefficient (Wildman–Crippen LogP) is 2.78. The highest BCUT2D eigenvalue weighted by Crippen LogP contribution is 2.27. The lowest BCUT2D eigenvalue weighted by molar-refractivity contribution is -0.136. The Kier molecular flexibility index (Phi) is 7.53. The van der Waals surface area contributed by atoms with E-state index in [1.54, 1.807) is 47.2 Å². The van der Waals surface area contributed by atoms with Gasteiger partial charge in [-0.2, -0.15) is 8.78 Å². The molecule has 0 spiro atoms. The molecule has 0 unspecified atom stereocenters. The third-order valence-electron chi connectivity index (χ3n) is 7.25. The van der Waals surface area contributed by atoms with Gasteiger partial charge in [0.2, 0.25) is 11.9 Å². The highest BCUT2D eigenvalue weighted by Gasteiger charge is 2.28. The summed E-state index contributed by atoms with van der Waals surface area (Å²) in [5.74, 6) is 0.305. The van der Waals surface area contributed by atoms with E-state index in [2.05, 4.69) is 9.97 Å². The van der Waals surface area contributed by atoms with Gasteiger partial charge in [-0.15, -0.1) is 0 Å². The molecule has 4 aromatic rings. The lowest BCUT2D eigenvalue weighted by atomic mass is 10.1.